The average molecular weight is 488 g/mol. The summed E-state index contributed by atoms with van der Waals surface area (Å²) in [6.07, 6.45) is 1.73. The highest BCUT2D eigenvalue weighted by Crippen LogP contribution is 2.37. The van der Waals surface area contributed by atoms with Crippen molar-refractivity contribution in [2.75, 3.05) is 7.11 Å². The molecule has 4 aromatic rings. The van der Waals surface area contributed by atoms with E-state index in [4.69, 9.17) is 9.47 Å². The van der Waals surface area contributed by atoms with Crippen LogP contribution in [0.25, 0.3) is 11.0 Å². The van der Waals surface area contributed by atoms with Gasteiger partial charge < -0.3 is 14.5 Å². The van der Waals surface area contributed by atoms with E-state index in [1.165, 1.54) is 0 Å². The second-order valence-corrected chi connectivity index (χ2v) is 9.43. The van der Waals surface area contributed by atoms with Crippen LogP contribution < -0.4 is 9.47 Å². The summed E-state index contributed by atoms with van der Waals surface area (Å²) in [4.78, 5) is 12.3. The van der Waals surface area contributed by atoms with Gasteiger partial charge in [-0.05, 0) is 66.6 Å². The molecular weight excluding hydrogens is 464 g/mol. The van der Waals surface area contributed by atoms with Gasteiger partial charge in [-0.3, -0.25) is 4.98 Å². The Hall–Kier alpha value is -2.78. The quantitative estimate of drug-likeness (QED) is 0.208. The third-order valence-electron chi connectivity index (χ3n) is 5.05. The average Bonchev–Trinajstić information content (AvgIpc) is 3.20. The molecule has 172 valence electrons. The number of alkyl halides is 2. The maximum atomic E-state index is 14.5. The summed E-state index contributed by atoms with van der Waals surface area (Å²) < 4.78 is 39.1. The number of ether oxygens (including phenoxy) is 2. The second-order valence-electron chi connectivity index (χ2n) is 7.39. The zero-order chi connectivity index (χ0) is 23.4. The van der Waals surface area contributed by atoms with E-state index in [-0.39, 0.29) is 11.8 Å². The van der Waals surface area contributed by atoms with Crippen LogP contribution in [-0.4, -0.2) is 27.5 Å². The number of nitrogens with one attached hydrogen (secondary N) is 1. The molecule has 0 atom stereocenters. The zero-order valence-corrected chi connectivity index (χ0v) is 20.0. The van der Waals surface area contributed by atoms with Gasteiger partial charge in [0, 0.05) is 22.6 Å². The number of pyridine rings is 1. The first-order valence-corrected chi connectivity index (χ1v) is 12.2. The maximum Gasteiger partial charge on any atom is 0.455 e. The molecule has 2 aromatic heterocycles. The van der Waals surface area contributed by atoms with E-state index in [1.807, 2.05) is 38.1 Å². The molecule has 4 rings (SSSR count). The van der Waals surface area contributed by atoms with Crippen LogP contribution in [0.3, 0.4) is 0 Å². The van der Waals surface area contributed by atoms with Crippen molar-refractivity contribution in [3.8, 4) is 11.8 Å². The number of aromatic amines is 1. The summed E-state index contributed by atoms with van der Waals surface area (Å²) in [5, 5.41) is 0. The first-order chi connectivity index (χ1) is 15.8. The number of benzene rings is 2. The van der Waals surface area contributed by atoms with Crippen molar-refractivity contribution in [2.45, 2.75) is 35.7 Å². The Balaban J connectivity index is 1.41. The van der Waals surface area contributed by atoms with Gasteiger partial charge in [-0.15, -0.1) is 11.8 Å². The Morgan fingerprint density at radius 2 is 1.79 bits per heavy atom. The van der Waals surface area contributed by atoms with Crippen LogP contribution in [-0.2, 0) is 11.5 Å². The fourth-order valence-corrected chi connectivity index (χ4v) is 5.13. The maximum absolute atomic E-state index is 14.5. The lowest BCUT2D eigenvalue weighted by Gasteiger charge is -2.17. The van der Waals surface area contributed by atoms with Gasteiger partial charge in [0.05, 0.1) is 23.8 Å². The highest BCUT2D eigenvalue weighted by molar-refractivity contribution is 7.99. The van der Waals surface area contributed by atoms with E-state index in [0.29, 0.717) is 28.5 Å². The van der Waals surface area contributed by atoms with Gasteiger partial charge in [0.25, 0.3) is 6.01 Å². The SMILES string of the molecule is COc1ccc(CSc2c(C)cnc(CSC(F)(F)Oc3nc4ccccc4[nH]3)c2C)cc1. The van der Waals surface area contributed by atoms with E-state index in [9.17, 15) is 8.78 Å². The number of methoxy groups -OCH3 is 1. The molecule has 0 aliphatic heterocycles. The third kappa shape index (κ3) is 5.78. The van der Waals surface area contributed by atoms with Gasteiger partial charge in [-0.1, -0.05) is 24.3 Å². The molecule has 33 heavy (non-hydrogen) atoms. The van der Waals surface area contributed by atoms with Crippen LogP contribution in [0.5, 0.6) is 11.8 Å². The number of hydrogen-bond donors (Lipinski definition) is 1. The molecule has 9 heteroatoms. The molecule has 0 aliphatic carbocycles. The van der Waals surface area contributed by atoms with Crippen LogP contribution in [0.1, 0.15) is 22.4 Å². The van der Waals surface area contributed by atoms with E-state index in [2.05, 4.69) is 15.0 Å². The van der Waals surface area contributed by atoms with Crippen LogP contribution in [0.15, 0.2) is 59.6 Å². The lowest BCUT2D eigenvalue weighted by Crippen LogP contribution is -2.21. The minimum absolute atomic E-state index is 0.00936. The molecular formula is C24H23F2N3O2S2. The van der Waals surface area contributed by atoms with Crippen molar-refractivity contribution in [2.24, 2.45) is 0 Å². The van der Waals surface area contributed by atoms with Gasteiger partial charge in [0.15, 0.2) is 0 Å². The van der Waals surface area contributed by atoms with E-state index < -0.39 is 5.44 Å². The number of thioether (sulfide) groups is 2. The molecule has 0 saturated heterocycles. The van der Waals surface area contributed by atoms with Crippen molar-refractivity contribution in [1.82, 2.24) is 15.0 Å². The van der Waals surface area contributed by atoms with Crippen LogP contribution >= 0.6 is 23.5 Å². The van der Waals surface area contributed by atoms with Gasteiger partial charge in [0.2, 0.25) is 0 Å². The highest BCUT2D eigenvalue weighted by Gasteiger charge is 2.34. The molecule has 0 fully saturated rings. The molecule has 0 radical (unpaired) electrons. The van der Waals surface area contributed by atoms with Gasteiger partial charge in [-0.2, -0.15) is 13.8 Å². The number of halogens is 2. The van der Waals surface area contributed by atoms with Gasteiger partial charge in [-0.25, -0.2) is 0 Å². The Labute approximate surface area is 199 Å². The van der Waals surface area contributed by atoms with Crippen molar-refractivity contribution in [3.63, 3.8) is 0 Å². The fourth-order valence-electron chi connectivity index (χ4n) is 3.27. The number of imidazole rings is 1. The largest absolute Gasteiger partial charge is 0.497 e. The number of rotatable bonds is 9. The van der Waals surface area contributed by atoms with Crippen molar-refractivity contribution < 1.29 is 18.3 Å². The number of hydrogen-bond acceptors (Lipinski definition) is 6. The summed E-state index contributed by atoms with van der Waals surface area (Å²) in [6, 6.07) is 14.7. The standard InChI is InChI=1S/C24H23F2N3O2S2/c1-15-12-27-21(16(2)22(15)32-13-17-8-10-18(30-3)11-9-17)14-33-24(25,26)31-23-28-19-6-4-5-7-20(19)29-23/h4-12H,13-14H2,1-3H3,(H,28,29). The number of aryl methyl sites for hydroxylation is 1. The minimum Gasteiger partial charge on any atom is -0.497 e. The van der Waals surface area contributed by atoms with Crippen LogP contribution in [0.2, 0.25) is 0 Å². The molecule has 0 saturated carbocycles. The first-order valence-electron chi connectivity index (χ1n) is 10.2. The third-order valence-corrected chi connectivity index (χ3v) is 7.28. The molecule has 0 unspecified atom stereocenters. The number of nitrogens with zero attached hydrogens (tertiary/aromatic N) is 2. The van der Waals surface area contributed by atoms with Crippen LogP contribution in [0.4, 0.5) is 8.78 Å². The number of para-hydroxylation sites is 2. The zero-order valence-electron chi connectivity index (χ0n) is 18.4. The number of H-pyrrole nitrogens is 1. The summed E-state index contributed by atoms with van der Waals surface area (Å²) >= 11 is 2.05. The molecule has 0 bridgehead atoms. The summed E-state index contributed by atoms with van der Waals surface area (Å²) in [7, 11) is 1.64. The predicted octanol–water partition coefficient (Wildman–Crippen LogP) is 6.74. The van der Waals surface area contributed by atoms with Gasteiger partial charge in [0.1, 0.15) is 5.75 Å². The van der Waals surface area contributed by atoms with Crippen molar-refractivity contribution in [1.29, 1.82) is 0 Å². The normalized spacial score (nSPS) is 11.7. The van der Waals surface area contributed by atoms with Gasteiger partial charge >= 0.3 is 5.44 Å². The van der Waals surface area contributed by atoms with Crippen molar-refractivity contribution >= 4 is 34.6 Å². The Kier molecular flexibility index (Phi) is 7.09. The highest BCUT2D eigenvalue weighted by atomic mass is 32.2. The van der Waals surface area contributed by atoms with E-state index in [1.54, 1.807) is 49.3 Å². The monoisotopic (exact) mass is 487 g/mol. The lowest BCUT2D eigenvalue weighted by molar-refractivity contribution is -0.0929. The molecule has 0 amide bonds. The molecule has 1 N–H and O–H groups in total. The molecule has 0 aliphatic rings. The minimum atomic E-state index is -3.46. The first kappa shape index (κ1) is 23.4. The van der Waals surface area contributed by atoms with Crippen molar-refractivity contribution in [3.05, 3.63) is 77.1 Å². The number of aromatic nitrogens is 3. The molecule has 0 spiro atoms. The molecule has 2 aromatic carbocycles. The fraction of sp³-hybridized carbons (Fsp3) is 0.250. The summed E-state index contributed by atoms with van der Waals surface area (Å²) in [5.74, 6) is 1.58. The van der Waals surface area contributed by atoms with E-state index in [0.717, 1.165) is 33.1 Å². The number of fused-ring (bicyclic) bond motifs is 1. The Morgan fingerprint density at radius 3 is 2.52 bits per heavy atom. The predicted molar refractivity (Wildman–Crippen MR) is 129 cm³/mol. The summed E-state index contributed by atoms with van der Waals surface area (Å²) in [6.45, 7) is 3.90. The Morgan fingerprint density at radius 1 is 1.03 bits per heavy atom. The molecule has 2 heterocycles. The second kappa shape index (κ2) is 10.0. The summed E-state index contributed by atoms with van der Waals surface area (Å²) in [5.41, 5.74) is 1.44. The van der Waals surface area contributed by atoms with Crippen LogP contribution in [0, 0.1) is 13.8 Å². The lowest BCUT2D eigenvalue weighted by atomic mass is 10.2. The smallest absolute Gasteiger partial charge is 0.455 e. The molecule has 5 nitrogen and oxygen atoms in total. The Bertz CT molecular complexity index is 1210. The van der Waals surface area contributed by atoms with E-state index >= 15 is 0 Å². The topological polar surface area (TPSA) is 60.0 Å².